The largest absolute Gasteiger partial charge is 0.467 e. The fourth-order valence-electron chi connectivity index (χ4n) is 3.66. The van der Waals surface area contributed by atoms with Crippen molar-refractivity contribution in [2.24, 2.45) is 0 Å². The number of nitrogens with zero attached hydrogens (tertiary/aromatic N) is 3. The van der Waals surface area contributed by atoms with Gasteiger partial charge in [0.05, 0.1) is 30.4 Å². The quantitative estimate of drug-likeness (QED) is 0.322. The van der Waals surface area contributed by atoms with Crippen molar-refractivity contribution < 1.29 is 17.6 Å². The first kappa shape index (κ1) is 25.1. The van der Waals surface area contributed by atoms with Crippen molar-refractivity contribution in [3.63, 3.8) is 0 Å². The third-order valence-electron chi connectivity index (χ3n) is 5.78. The minimum absolute atomic E-state index is 0.0288. The molecule has 2 aromatic heterocycles. The summed E-state index contributed by atoms with van der Waals surface area (Å²) in [5, 5.41) is 2.50. The van der Waals surface area contributed by atoms with Crippen LogP contribution < -0.4 is 10.2 Å². The van der Waals surface area contributed by atoms with Gasteiger partial charge in [0.1, 0.15) is 5.76 Å². The number of rotatable bonds is 9. The van der Waals surface area contributed by atoms with Gasteiger partial charge in [-0.2, -0.15) is 0 Å². The number of para-hydroxylation sites is 1. The molecule has 0 saturated carbocycles. The molecule has 2 aromatic carbocycles. The number of amides is 1. The summed E-state index contributed by atoms with van der Waals surface area (Å²) in [5.74, 6) is -0.0229. The lowest BCUT2D eigenvalue weighted by atomic mass is 10.1. The molecule has 1 N–H and O–H groups in total. The van der Waals surface area contributed by atoms with Gasteiger partial charge in [0.2, 0.25) is 15.0 Å². The number of hydrogen-bond acceptors (Lipinski definition) is 7. The van der Waals surface area contributed by atoms with Crippen molar-refractivity contribution in [1.82, 2.24) is 9.97 Å². The molecule has 9 heteroatoms. The van der Waals surface area contributed by atoms with Crippen LogP contribution in [-0.2, 0) is 22.9 Å². The fourth-order valence-corrected chi connectivity index (χ4v) is 4.36. The number of nitrogens with one attached hydrogen (secondary N) is 1. The second-order valence-corrected chi connectivity index (χ2v) is 10.7. The fraction of sp³-hybridized carbons (Fsp3) is 0.222. The molecule has 4 aromatic rings. The maximum Gasteiger partial charge on any atom is 0.276 e. The number of carbonyl (C=O) groups is 1. The van der Waals surface area contributed by atoms with E-state index in [0.29, 0.717) is 30.2 Å². The molecule has 0 bridgehead atoms. The number of hydrogen-bond donors (Lipinski definition) is 1. The van der Waals surface area contributed by atoms with Crippen molar-refractivity contribution in [3.8, 4) is 0 Å². The lowest BCUT2D eigenvalue weighted by Crippen LogP contribution is -2.28. The second kappa shape index (κ2) is 10.7. The zero-order chi connectivity index (χ0) is 25.7. The maximum absolute atomic E-state index is 13.5. The van der Waals surface area contributed by atoms with Gasteiger partial charge in [-0.15, -0.1) is 0 Å². The summed E-state index contributed by atoms with van der Waals surface area (Å²) in [6.07, 6.45) is 2.98. The number of aromatic nitrogens is 2. The third-order valence-corrected chi connectivity index (χ3v) is 7.29. The van der Waals surface area contributed by atoms with Crippen molar-refractivity contribution in [2.45, 2.75) is 39.0 Å². The van der Waals surface area contributed by atoms with Gasteiger partial charge in [-0.1, -0.05) is 55.0 Å². The smallest absolute Gasteiger partial charge is 0.276 e. The minimum Gasteiger partial charge on any atom is -0.467 e. The van der Waals surface area contributed by atoms with E-state index in [1.54, 1.807) is 18.4 Å². The first-order valence-electron chi connectivity index (χ1n) is 11.6. The number of benzene rings is 2. The predicted octanol–water partition coefficient (Wildman–Crippen LogP) is 4.94. The van der Waals surface area contributed by atoms with Crippen LogP contribution in [0, 0.1) is 13.8 Å². The Kier molecular flexibility index (Phi) is 7.49. The van der Waals surface area contributed by atoms with Crippen LogP contribution in [0.5, 0.6) is 0 Å². The predicted molar refractivity (Wildman–Crippen MR) is 139 cm³/mol. The molecule has 0 aliphatic rings. The SMILES string of the molecule is CCS(=O)(=O)c1ncc(N(Cc2ccc(C)cc2)Cc2ccco2)c(C(=O)Nc2ccccc2C)n1. The van der Waals surface area contributed by atoms with Gasteiger partial charge < -0.3 is 14.6 Å². The van der Waals surface area contributed by atoms with Gasteiger partial charge in [0, 0.05) is 12.2 Å². The Morgan fingerprint density at radius 1 is 1.00 bits per heavy atom. The Morgan fingerprint density at radius 2 is 1.75 bits per heavy atom. The van der Waals surface area contributed by atoms with Crippen molar-refractivity contribution in [2.75, 3.05) is 16.0 Å². The van der Waals surface area contributed by atoms with Gasteiger partial charge in [-0.3, -0.25) is 4.79 Å². The second-order valence-electron chi connectivity index (χ2n) is 8.48. The highest BCUT2D eigenvalue weighted by Gasteiger charge is 2.25. The summed E-state index contributed by atoms with van der Waals surface area (Å²) >= 11 is 0. The Hall–Kier alpha value is -3.98. The van der Waals surface area contributed by atoms with E-state index in [0.717, 1.165) is 16.7 Å². The van der Waals surface area contributed by atoms with E-state index in [1.807, 2.05) is 67.3 Å². The van der Waals surface area contributed by atoms with Crippen LogP contribution in [0.1, 0.15) is 39.9 Å². The summed E-state index contributed by atoms with van der Waals surface area (Å²) in [7, 11) is -3.73. The molecule has 1 amide bonds. The Balaban J connectivity index is 1.80. The number of carbonyl (C=O) groups excluding carboxylic acids is 1. The number of anilines is 2. The van der Waals surface area contributed by atoms with Crippen LogP contribution in [0.3, 0.4) is 0 Å². The van der Waals surface area contributed by atoms with Crippen molar-refractivity contribution >= 4 is 27.1 Å². The molecule has 0 aliphatic heterocycles. The molecule has 8 nitrogen and oxygen atoms in total. The first-order chi connectivity index (χ1) is 17.3. The van der Waals surface area contributed by atoms with Crippen molar-refractivity contribution in [3.05, 3.63) is 101 Å². The molecule has 4 rings (SSSR count). The van der Waals surface area contributed by atoms with Gasteiger partial charge in [-0.05, 0) is 43.2 Å². The van der Waals surface area contributed by atoms with E-state index in [1.165, 1.54) is 13.1 Å². The number of furan rings is 1. The van der Waals surface area contributed by atoms with Gasteiger partial charge >= 0.3 is 0 Å². The van der Waals surface area contributed by atoms with E-state index < -0.39 is 15.7 Å². The first-order valence-corrected chi connectivity index (χ1v) is 13.2. The van der Waals surface area contributed by atoms with Crippen LogP contribution in [0.25, 0.3) is 0 Å². The monoisotopic (exact) mass is 504 g/mol. The van der Waals surface area contributed by atoms with E-state index in [9.17, 15) is 13.2 Å². The Morgan fingerprint density at radius 3 is 2.42 bits per heavy atom. The van der Waals surface area contributed by atoms with Crippen LogP contribution in [0.2, 0.25) is 0 Å². The molecule has 0 saturated heterocycles. The number of sulfone groups is 1. The normalized spacial score (nSPS) is 11.3. The Bertz CT molecular complexity index is 1450. The lowest BCUT2D eigenvalue weighted by molar-refractivity contribution is 0.102. The molecular formula is C27H28N4O4S. The van der Waals surface area contributed by atoms with E-state index >= 15 is 0 Å². The summed E-state index contributed by atoms with van der Waals surface area (Å²) in [5.41, 5.74) is 3.99. The molecule has 0 aliphatic carbocycles. The minimum atomic E-state index is -3.73. The van der Waals surface area contributed by atoms with Crippen molar-refractivity contribution in [1.29, 1.82) is 0 Å². The summed E-state index contributed by atoms with van der Waals surface area (Å²) in [6.45, 7) is 6.16. The third kappa shape index (κ3) is 5.80. The zero-order valence-electron chi connectivity index (χ0n) is 20.4. The molecule has 0 radical (unpaired) electrons. The van der Waals surface area contributed by atoms with Crippen LogP contribution in [-0.4, -0.2) is 30.0 Å². The summed E-state index contributed by atoms with van der Waals surface area (Å²) < 4.78 is 30.7. The highest BCUT2D eigenvalue weighted by molar-refractivity contribution is 7.91. The summed E-state index contributed by atoms with van der Waals surface area (Å²) in [4.78, 5) is 23.8. The molecule has 0 atom stereocenters. The average Bonchev–Trinajstić information content (AvgIpc) is 3.39. The number of aryl methyl sites for hydroxylation is 2. The van der Waals surface area contributed by atoms with E-state index in [4.69, 9.17) is 4.42 Å². The van der Waals surface area contributed by atoms with Crippen LogP contribution in [0.4, 0.5) is 11.4 Å². The maximum atomic E-state index is 13.5. The van der Waals surface area contributed by atoms with E-state index in [2.05, 4.69) is 15.3 Å². The molecular weight excluding hydrogens is 476 g/mol. The molecule has 0 unspecified atom stereocenters. The Labute approximate surface area is 210 Å². The van der Waals surface area contributed by atoms with Crippen LogP contribution >= 0.6 is 0 Å². The summed E-state index contributed by atoms with van der Waals surface area (Å²) in [6, 6.07) is 19.0. The topological polar surface area (TPSA) is 105 Å². The molecule has 2 heterocycles. The highest BCUT2D eigenvalue weighted by atomic mass is 32.2. The van der Waals surface area contributed by atoms with Crippen LogP contribution in [0.15, 0.2) is 82.7 Å². The van der Waals surface area contributed by atoms with Gasteiger partial charge in [0.25, 0.3) is 5.91 Å². The van der Waals surface area contributed by atoms with E-state index in [-0.39, 0.29) is 16.6 Å². The zero-order valence-corrected chi connectivity index (χ0v) is 21.2. The highest BCUT2D eigenvalue weighted by Crippen LogP contribution is 2.26. The molecule has 0 spiro atoms. The lowest BCUT2D eigenvalue weighted by Gasteiger charge is -2.25. The molecule has 36 heavy (non-hydrogen) atoms. The average molecular weight is 505 g/mol. The van der Waals surface area contributed by atoms with Gasteiger partial charge in [-0.25, -0.2) is 18.4 Å². The standard InChI is InChI=1S/C27H28N4O4S/c1-4-36(33,34)27-28-16-24(25(30-27)26(32)29-23-10-6-5-8-20(23)3)31(18-22-9-7-15-35-22)17-21-13-11-19(2)12-14-21/h5-16H,4,17-18H2,1-3H3,(H,29,32). The van der Waals surface area contributed by atoms with Gasteiger partial charge in [0.15, 0.2) is 5.69 Å². The molecule has 0 fully saturated rings. The molecule has 186 valence electrons.